The van der Waals surface area contributed by atoms with Gasteiger partial charge < -0.3 is 26.8 Å². The lowest BCUT2D eigenvalue weighted by molar-refractivity contribution is 0.560. The molecular weight excluding hydrogens is 1400 g/mol. The van der Waals surface area contributed by atoms with Gasteiger partial charge in [-0.15, -0.1) is 0 Å². The number of benzene rings is 14. The first-order valence-electron chi connectivity index (χ1n) is 38.7. The molecule has 1 unspecified atom stereocenters. The number of fused-ring (bicyclic) bond motifs is 18. The van der Waals surface area contributed by atoms with Gasteiger partial charge in [0.25, 0.3) is 0 Å². The van der Waals surface area contributed by atoms with Crippen LogP contribution in [0.3, 0.4) is 0 Å². The van der Waals surface area contributed by atoms with E-state index < -0.39 is 0 Å². The van der Waals surface area contributed by atoms with Crippen molar-refractivity contribution in [1.29, 1.82) is 0 Å². The minimum Gasteiger partial charge on any atom is -0.456 e. The van der Waals surface area contributed by atoms with Gasteiger partial charge in [0.15, 0.2) is 34.9 Å². The fraction of sp³-hybridized carbons (Fsp3) is 0.0392. The van der Waals surface area contributed by atoms with E-state index in [1.165, 1.54) is 32.9 Å². The average molecular weight is 1460 g/mol. The van der Waals surface area contributed by atoms with Crippen molar-refractivity contribution < 1.29 is 17.7 Å². The normalized spacial score (nSPS) is 13.8. The highest BCUT2D eigenvalue weighted by molar-refractivity contribution is 6.17. The van der Waals surface area contributed by atoms with Gasteiger partial charge in [0.05, 0.1) is 22.6 Å². The monoisotopic (exact) mass is 1460 g/mol. The molecule has 114 heavy (non-hydrogen) atoms. The van der Waals surface area contributed by atoms with Crippen molar-refractivity contribution in [3.63, 3.8) is 0 Å². The molecule has 0 amide bonds. The highest BCUT2D eigenvalue weighted by Gasteiger charge is 2.25. The molecule has 0 radical (unpaired) electrons. The number of hydrogen-bond acceptors (Lipinski definition) is 10. The number of aromatic nitrogens is 8. The topological polar surface area (TPSA) is 140 Å². The quantitative estimate of drug-likeness (QED) is 0.123. The maximum atomic E-state index is 6.85. The molecule has 0 bridgehead atoms. The molecule has 22 aromatic rings. The van der Waals surface area contributed by atoms with E-state index in [0.29, 0.717) is 34.9 Å². The van der Waals surface area contributed by atoms with E-state index >= 15 is 0 Å². The molecule has 8 heterocycles. The summed E-state index contributed by atoms with van der Waals surface area (Å²) in [5.41, 5.74) is 23.9. The van der Waals surface area contributed by atoms with Gasteiger partial charge in [0.2, 0.25) is 0 Å². The van der Waals surface area contributed by atoms with Crippen LogP contribution >= 0.6 is 0 Å². The average Bonchev–Trinajstić information content (AvgIpc) is 1.60. The van der Waals surface area contributed by atoms with E-state index in [-0.39, 0.29) is 6.04 Å². The van der Waals surface area contributed by atoms with Crippen molar-refractivity contribution in [2.24, 2.45) is 0 Å². The van der Waals surface area contributed by atoms with Crippen LogP contribution in [0.15, 0.2) is 339 Å². The number of allylic oxidation sites excluding steroid dienone is 4. The number of rotatable bonds is 11. The Hall–Kier alpha value is -15.1. The molecule has 0 saturated carbocycles. The molecular formula is C102H62N8O4. The second kappa shape index (κ2) is 25.2. The Kier molecular flexibility index (Phi) is 14.1. The zero-order valence-corrected chi connectivity index (χ0v) is 61.2. The third-order valence-electron chi connectivity index (χ3n) is 23.1. The van der Waals surface area contributed by atoms with Gasteiger partial charge in [-0.25, -0.2) is 29.9 Å². The summed E-state index contributed by atoms with van der Waals surface area (Å²) in [6.45, 7) is 0. The van der Waals surface area contributed by atoms with Gasteiger partial charge >= 0.3 is 0 Å². The van der Waals surface area contributed by atoms with E-state index in [2.05, 4.69) is 270 Å². The minimum atomic E-state index is 0.0531. The Labute approximate surface area is 650 Å². The maximum Gasteiger partial charge on any atom is 0.164 e. The Balaban J connectivity index is 0.527. The van der Waals surface area contributed by atoms with Crippen LogP contribution in [-0.4, -0.2) is 39.0 Å². The Morgan fingerprint density at radius 2 is 0.711 bits per heavy atom. The van der Waals surface area contributed by atoms with Gasteiger partial charge in [-0.1, -0.05) is 218 Å². The van der Waals surface area contributed by atoms with Crippen molar-refractivity contribution in [2.75, 3.05) is 0 Å². The molecule has 2 aliphatic carbocycles. The lowest BCUT2D eigenvalue weighted by Gasteiger charge is -2.18. The molecule has 12 heteroatoms. The number of nitrogens with zero attached hydrogens (tertiary/aromatic N) is 8. The van der Waals surface area contributed by atoms with Gasteiger partial charge in [-0.05, 0) is 156 Å². The molecule has 12 nitrogen and oxygen atoms in total. The van der Waals surface area contributed by atoms with Crippen LogP contribution in [0.25, 0.3) is 234 Å². The molecule has 8 aromatic heterocycles. The number of para-hydroxylation sites is 2. The lowest BCUT2D eigenvalue weighted by Crippen LogP contribution is -2.26. The van der Waals surface area contributed by atoms with E-state index in [0.717, 1.165) is 190 Å². The molecule has 0 saturated heterocycles. The number of furan rings is 4. The first-order valence-corrected chi connectivity index (χ1v) is 38.7. The Bertz CT molecular complexity index is 7980. The minimum absolute atomic E-state index is 0.0531. The summed E-state index contributed by atoms with van der Waals surface area (Å²) in [6, 6.07) is 107. The molecule has 24 rings (SSSR count). The van der Waals surface area contributed by atoms with Gasteiger partial charge in [-0.3, -0.25) is 0 Å². The molecule has 0 aliphatic heterocycles. The number of hydrogen-bond donors (Lipinski definition) is 0. The van der Waals surface area contributed by atoms with Crippen molar-refractivity contribution in [3.05, 3.63) is 338 Å². The molecule has 1 atom stereocenters. The first kappa shape index (κ1) is 63.8. The van der Waals surface area contributed by atoms with Crippen LogP contribution in [0.1, 0.15) is 31.1 Å². The van der Waals surface area contributed by atoms with E-state index in [1.807, 2.05) is 72.8 Å². The lowest BCUT2D eigenvalue weighted by atomic mass is 9.97. The van der Waals surface area contributed by atoms with Crippen molar-refractivity contribution >= 4 is 138 Å². The Morgan fingerprint density at radius 3 is 1.36 bits per heavy atom. The summed E-state index contributed by atoms with van der Waals surface area (Å²) in [7, 11) is 0. The fourth-order valence-corrected chi connectivity index (χ4v) is 17.6. The third kappa shape index (κ3) is 10.4. The van der Waals surface area contributed by atoms with Crippen molar-refractivity contribution in [3.8, 4) is 96.0 Å². The standard InChI is InChI=1S/C102H62N8O4/c1-5-19-59(20-6-1)67-35-41-75-73-31-13-15-33-85(73)110(88(75)50-67)72-40-45-79-84-57-93-83(56-94(84)113-92(79)54-72)77-43-37-70(52-90(77)111-93)102-107-99(62-25-11-4-12-26-62)104-100(108-102)68-30-18-29-65(48-68)63-27-17-28-64(47-63)66-38-46-87-80(49-66)74-32-14-16-34-86(74)109(87)71-39-44-78-82-55-81-76-42-36-69(51-89(76)112-95(81)58-96(82)114-91(78)53-71)101-105-97(60-21-7-2-8-22-60)103-98(106-101)61-23-9-3-10-24-61/h1-3,5-11,13-39,41-58,72H,4,12,40H2. The summed E-state index contributed by atoms with van der Waals surface area (Å²) in [5.74, 6) is 3.56. The SMILES string of the molecule is C1=CC(c2nc(-c3cccc(-c4cccc(-c5ccc6c(c5)c5ccccc5n6-c5ccc6c(c5)oc5cc7oc8cc(-c9nc(-c%10ccccc%10)nc(-c%10ccccc%10)n9)ccc8c7cc56)c4)c3)nc(-c3ccc4c(c3)oc3cc5c6c(oc5cc34)=CC(n3c4ccccc4c4ccc(-c5ccccc5)cc43)CC=6)n2)=CCC1. The zero-order chi connectivity index (χ0) is 74.6. The second-order valence-electron chi connectivity index (χ2n) is 29.9. The molecule has 2 aliphatic rings. The summed E-state index contributed by atoms with van der Waals surface area (Å²) < 4.78 is 32.0. The maximum absolute atomic E-state index is 6.85. The summed E-state index contributed by atoms with van der Waals surface area (Å²) >= 11 is 0. The summed E-state index contributed by atoms with van der Waals surface area (Å²) in [5, 5.41) is 12.9. The first-order chi connectivity index (χ1) is 56.4. The van der Waals surface area contributed by atoms with Crippen LogP contribution in [0.4, 0.5) is 0 Å². The molecule has 14 aromatic carbocycles. The van der Waals surface area contributed by atoms with Crippen LogP contribution < -0.4 is 10.6 Å². The van der Waals surface area contributed by atoms with E-state index in [4.69, 9.17) is 47.6 Å². The molecule has 534 valence electrons. The highest BCUT2D eigenvalue weighted by Crippen LogP contribution is 2.44. The van der Waals surface area contributed by atoms with Crippen LogP contribution in [0, 0.1) is 0 Å². The van der Waals surface area contributed by atoms with E-state index in [9.17, 15) is 0 Å². The smallest absolute Gasteiger partial charge is 0.164 e. The summed E-state index contributed by atoms with van der Waals surface area (Å²) in [4.78, 5) is 30.6. The van der Waals surface area contributed by atoms with Crippen molar-refractivity contribution in [2.45, 2.75) is 25.3 Å². The summed E-state index contributed by atoms with van der Waals surface area (Å²) in [6.07, 6.45) is 13.9. The molecule has 0 spiro atoms. The predicted octanol–water partition coefficient (Wildman–Crippen LogP) is 25.0. The fourth-order valence-electron chi connectivity index (χ4n) is 17.6. The molecule has 0 N–H and O–H groups in total. The van der Waals surface area contributed by atoms with Gasteiger partial charge in [0, 0.05) is 121 Å². The van der Waals surface area contributed by atoms with Gasteiger partial charge in [-0.2, -0.15) is 0 Å². The second-order valence-corrected chi connectivity index (χ2v) is 29.9. The van der Waals surface area contributed by atoms with Crippen molar-refractivity contribution in [1.82, 2.24) is 39.0 Å². The Morgan fingerprint density at radius 1 is 0.263 bits per heavy atom. The van der Waals surface area contributed by atoms with Crippen LogP contribution in [0.5, 0.6) is 0 Å². The highest BCUT2D eigenvalue weighted by atomic mass is 16.3. The zero-order valence-electron chi connectivity index (χ0n) is 61.2. The van der Waals surface area contributed by atoms with E-state index in [1.54, 1.807) is 0 Å². The van der Waals surface area contributed by atoms with Crippen LogP contribution in [0.2, 0.25) is 0 Å². The predicted molar refractivity (Wildman–Crippen MR) is 460 cm³/mol. The van der Waals surface area contributed by atoms with Gasteiger partial charge in [0.1, 0.15) is 44.5 Å². The molecule has 0 fully saturated rings. The van der Waals surface area contributed by atoms with Crippen LogP contribution in [-0.2, 0) is 0 Å². The largest absolute Gasteiger partial charge is 0.456 e. The third-order valence-corrected chi connectivity index (χ3v) is 23.1.